The van der Waals surface area contributed by atoms with Crippen LogP contribution in [0.15, 0.2) is 30.6 Å². The van der Waals surface area contributed by atoms with E-state index in [4.69, 9.17) is 4.74 Å². The SMILES string of the molecule is COc1ccc(Cn2cnc(O)c3nc(C(C)C)nc2-3)cc1. The average Bonchev–Trinajstić information content (AvgIpc) is 2.97. The average molecular weight is 298 g/mol. The highest BCUT2D eigenvalue weighted by Crippen LogP contribution is 2.29. The molecule has 6 nitrogen and oxygen atoms in total. The zero-order chi connectivity index (χ0) is 15.7. The monoisotopic (exact) mass is 298 g/mol. The van der Waals surface area contributed by atoms with Crippen LogP contribution in [-0.4, -0.2) is 31.7 Å². The summed E-state index contributed by atoms with van der Waals surface area (Å²) in [7, 11) is 1.64. The zero-order valence-corrected chi connectivity index (χ0v) is 12.8. The Morgan fingerprint density at radius 1 is 1.18 bits per heavy atom. The quantitative estimate of drug-likeness (QED) is 0.801. The number of imidazole rings is 1. The second-order valence-electron chi connectivity index (χ2n) is 5.45. The summed E-state index contributed by atoms with van der Waals surface area (Å²) in [5.41, 5.74) is 1.54. The van der Waals surface area contributed by atoms with Crippen LogP contribution in [0.3, 0.4) is 0 Å². The van der Waals surface area contributed by atoms with Gasteiger partial charge in [0.25, 0.3) is 0 Å². The van der Waals surface area contributed by atoms with Gasteiger partial charge < -0.3 is 14.4 Å². The first kappa shape index (κ1) is 14.3. The molecule has 1 aromatic carbocycles. The van der Waals surface area contributed by atoms with Crippen molar-refractivity contribution < 1.29 is 9.84 Å². The first-order valence-electron chi connectivity index (χ1n) is 7.13. The number of ether oxygens (including phenoxy) is 1. The van der Waals surface area contributed by atoms with E-state index in [1.165, 1.54) is 0 Å². The van der Waals surface area contributed by atoms with Crippen LogP contribution in [0, 0.1) is 0 Å². The molecular formula is C16H18N4O2. The predicted molar refractivity (Wildman–Crippen MR) is 82.3 cm³/mol. The van der Waals surface area contributed by atoms with Gasteiger partial charge in [-0.1, -0.05) is 26.0 Å². The number of hydrogen-bond donors (Lipinski definition) is 1. The highest BCUT2D eigenvalue weighted by Gasteiger charge is 2.21. The molecule has 0 spiro atoms. The van der Waals surface area contributed by atoms with Crippen molar-refractivity contribution in [3.63, 3.8) is 0 Å². The number of benzene rings is 1. The standard InChI is InChI=1S/C16H18N4O2/c1-10(2)14-18-13-15(19-14)20(9-17-16(13)21)8-11-4-6-12(22-3)7-5-11/h4-7,9-10,21H,8H2,1-3H3. The topological polar surface area (TPSA) is 73.1 Å². The van der Waals surface area contributed by atoms with Gasteiger partial charge in [-0.3, -0.25) is 0 Å². The molecule has 0 aliphatic carbocycles. The largest absolute Gasteiger partial charge is 0.497 e. The molecule has 114 valence electrons. The Bertz CT molecular complexity index is 750. The fourth-order valence-electron chi connectivity index (χ4n) is 2.24. The van der Waals surface area contributed by atoms with E-state index in [0.29, 0.717) is 23.9 Å². The first-order valence-corrected chi connectivity index (χ1v) is 7.13. The van der Waals surface area contributed by atoms with Crippen LogP contribution in [0.5, 0.6) is 11.6 Å². The minimum absolute atomic E-state index is 0.0830. The van der Waals surface area contributed by atoms with Crippen molar-refractivity contribution in [2.45, 2.75) is 26.3 Å². The van der Waals surface area contributed by atoms with Crippen LogP contribution in [-0.2, 0) is 6.54 Å². The zero-order valence-electron chi connectivity index (χ0n) is 12.8. The summed E-state index contributed by atoms with van der Waals surface area (Å²) < 4.78 is 7.05. The smallest absolute Gasteiger partial charge is 0.242 e. The van der Waals surface area contributed by atoms with Gasteiger partial charge in [0.15, 0.2) is 11.5 Å². The summed E-state index contributed by atoms with van der Waals surface area (Å²) in [6.07, 6.45) is 1.58. The third-order valence-electron chi connectivity index (χ3n) is 3.49. The summed E-state index contributed by atoms with van der Waals surface area (Å²) >= 11 is 0. The molecule has 0 amide bonds. The molecule has 1 aromatic rings. The summed E-state index contributed by atoms with van der Waals surface area (Å²) in [6.45, 7) is 4.64. The molecule has 0 fully saturated rings. The van der Waals surface area contributed by atoms with Gasteiger partial charge in [-0.2, -0.15) is 0 Å². The van der Waals surface area contributed by atoms with Crippen LogP contribution in [0.2, 0.25) is 0 Å². The molecular weight excluding hydrogens is 280 g/mol. The van der Waals surface area contributed by atoms with Gasteiger partial charge in [-0.15, -0.1) is 0 Å². The Balaban J connectivity index is 1.98. The van der Waals surface area contributed by atoms with E-state index in [1.54, 1.807) is 13.4 Å². The highest BCUT2D eigenvalue weighted by molar-refractivity contribution is 5.58. The van der Waals surface area contributed by atoms with Gasteiger partial charge in [0.2, 0.25) is 5.88 Å². The van der Waals surface area contributed by atoms with Crippen molar-refractivity contribution in [2.24, 2.45) is 0 Å². The highest BCUT2D eigenvalue weighted by atomic mass is 16.5. The van der Waals surface area contributed by atoms with Crippen LogP contribution in [0.4, 0.5) is 0 Å². The Kier molecular flexibility index (Phi) is 3.66. The van der Waals surface area contributed by atoms with Crippen molar-refractivity contribution >= 4 is 0 Å². The minimum atomic E-state index is -0.0830. The molecule has 0 saturated carbocycles. The van der Waals surface area contributed by atoms with Gasteiger partial charge >= 0.3 is 0 Å². The lowest BCUT2D eigenvalue weighted by molar-refractivity contribution is 0.414. The van der Waals surface area contributed by atoms with Crippen molar-refractivity contribution in [2.75, 3.05) is 7.11 Å². The van der Waals surface area contributed by atoms with E-state index >= 15 is 0 Å². The van der Waals surface area contributed by atoms with E-state index in [-0.39, 0.29) is 11.8 Å². The Labute approximate surface area is 128 Å². The summed E-state index contributed by atoms with van der Waals surface area (Å²) in [5.74, 6) is 2.29. The van der Waals surface area contributed by atoms with E-state index in [2.05, 4.69) is 15.0 Å². The number of rotatable bonds is 4. The number of aromatic nitrogens is 4. The molecule has 1 N–H and O–H groups in total. The molecule has 0 bridgehead atoms. The first-order chi connectivity index (χ1) is 10.6. The number of fused-ring (bicyclic) bond motifs is 1. The molecule has 0 radical (unpaired) electrons. The number of nitrogens with zero attached hydrogens (tertiary/aromatic N) is 4. The lowest BCUT2D eigenvalue weighted by Crippen LogP contribution is -2.06. The molecule has 0 saturated heterocycles. The van der Waals surface area contributed by atoms with E-state index < -0.39 is 0 Å². The van der Waals surface area contributed by atoms with Gasteiger partial charge in [0.05, 0.1) is 13.7 Å². The Morgan fingerprint density at radius 2 is 1.91 bits per heavy atom. The van der Waals surface area contributed by atoms with Crippen LogP contribution in [0.1, 0.15) is 31.2 Å². The molecule has 0 aromatic heterocycles. The predicted octanol–water partition coefficient (Wildman–Crippen LogP) is 2.66. The van der Waals surface area contributed by atoms with Crippen molar-refractivity contribution in [1.29, 1.82) is 0 Å². The van der Waals surface area contributed by atoms with E-state index in [9.17, 15) is 5.11 Å². The van der Waals surface area contributed by atoms with Gasteiger partial charge in [0, 0.05) is 5.92 Å². The molecule has 3 rings (SSSR count). The van der Waals surface area contributed by atoms with Gasteiger partial charge in [-0.05, 0) is 17.7 Å². The third kappa shape index (κ3) is 2.59. The molecule has 2 aliphatic heterocycles. The fraction of sp³-hybridized carbons (Fsp3) is 0.312. The Morgan fingerprint density at radius 3 is 2.55 bits per heavy atom. The molecule has 2 heterocycles. The molecule has 0 atom stereocenters. The summed E-state index contributed by atoms with van der Waals surface area (Å²) in [6, 6.07) is 7.81. The lowest BCUT2D eigenvalue weighted by atomic mass is 10.2. The van der Waals surface area contributed by atoms with Crippen molar-refractivity contribution in [3.8, 4) is 23.1 Å². The maximum Gasteiger partial charge on any atom is 0.242 e. The normalized spacial score (nSPS) is 11.3. The third-order valence-corrected chi connectivity index (χ3v) is 3.49. The summed E-state index contributed by atoms with van der Waals surface area (Å²) in [5, 5.41) is 9.88. The molecule has 22 heavy (non-hydrogen) atoms. The molecule has 2 aliphatic rings. The maximum absolute atomic E-state index is 9.88. The van der Waals surface area contributed by atoms with E-state index in [0.717, 1.165) is 11.3 Å². The number of methoxy groups -OCH3 is 1. The number of hydrogen-bond acceptors (Lipinski definition) is 5. The minimum Gasteiger partial charge on any atom is -0.497 e. The molecule has 0 unspecified atom stereocenters. The van der Waals surface area contributed by atoms with Gasteiger partial charge in [0.1, 0.15) is 17.9 Å². The van der Waals surface area contributed by atoms with Crippen molar-refractivity contribution in [3.05, 3.63) is 42.0 Å². The second kappa shape index (κ2) is 5.63. The number of aromatic hydroxyl groups is 1. The van der Waals surface area contributed by atoms with Crippen LogP contribution >= 0.6 is 0 Å². The van der Waals surface area contributed by atoms with Crippen LogP contribution in [0.25, 0.3) is 11.5 Å². The lowest BCUT2D eigenvalue weighted by Gasteiger charge is -2.11. The fourth-order valence-corrected chi connectivity index (χ4v) is 2.24. The summed E-state index contributed by atoms with van der Waals surface area (Å²) in [4.78, 5) is 12.9. The Hall–Kier alpha value is -2.63. The maximum atomic E-state index is 9.88. The van der Waals surface area contributed by atoms with Gasteiger partial charge in [-0.25, -0.2) is 15.0 Å². The van der Waals surface area contributed by atoms with E-state index in [1.807, 2.05) is 42.7 Å². The molecule has 6 heteroatoms. The second-order valence-corrected chi connectivity index (χ2v) is 5.45. The van der Waals surface area contributed by atoms with Crippen molar-refractivity contribution in [1.82, 2.24) is 19.5 Å². The van der Waals surface area contributed by atoms with Crippen LogP contribution < -0.4 is 4.74 Å².